The van der Waals surface area contributed by atoms with E-state index in [2.05, 4.69) is 15.4 Å². The number of hydrogen-bond acceptors (Lipinski definition) is 4. The van der Waals surface area contributed by atoms with Crippen molar-refractivity contribution in [2.75, 3.05) is 5.32 Å². The molecule has 3 rings (SSSR count). The van der Waals surface area contributed by atoms with Gasteiger partial charge in [0.2, 0.25) is 0 Å². The summed E-state index contributed by atoms with van der Waals surface area (Å²) in [5.41, 5.74) is 1.61. The van der Waals surface area contributed by atoms with E-state index in [-0.39, 0.29) is 17.1 Å². The highest BCUT2D eigenvalue weighted by Gasteiger charge is 2.10. The Morgan fingerprint density at radius 1 is 1.15 bits per heavy atom. The van der Waals surface area contributed by atoms with Gasteiger partial charge >= 0.3 is 0 Å². The van der Waals surface area contributed by atoms with Crippen LogP contribution in [0.25, 0.3) is 0 Å². The number of pyridine rings is 1. The number of nitrogens with zero attached hydrogens (tertiary/aromatic N) is 3. The second kappa shape index (κ2) is 7.69. The first-order chi connectivity index (χ1) is 12.5. The molecule has 3 aromatic rings. The summed E-state index contributed by atoms with van der Waals surface area (Å²) in [5, 5.41) is 6.64. The van der Waals surface area contributed by atoms with Crippen LogP contribution in [0.3, 0.4) is 0 Å². The van der Waals surface area contributed by atoms with Crippen LogP contribution in [-0.4, -0.2) is 20.7 Å². The van der Waals surface area contributed by atoms with E-state index in [1.165, 1.54) is 28.9 Å². The SMILES string of the molecule is CCn1nc(C(=O)Nc2ccc(Cc3cccc(F)c3)cn2)ccc1=O. The summed E-state index contributed by atoms with van der Waals surface area (Å²) in [6.07, 6.45) is 2.17. The van der Waals surface area contributed by atoms with Crippen LogP contribution in [0.2, 0.25) is 0 Å². The molecule has 1 amide bonds. The topological polar surface area (TPSA) is 76.9 Å². The first-order valence-corrected chi connectivity index (χ1v) is 8.14. The smallest absolute Gasteiger partial charge is 0.277 e. The number of carbonyl (C=O) groups excluding carboxylic acids is 1. The Morgan fingerprint density at radius 2 is 2.00 bits per heavy atom. The van der Waals surface area contributed by atoms with Crippen LogP contribution < -0.4 is 10.9 Å². The molecule has 0 saturated carbocycles. The third-order valence-corrected chi connectivity index (χ3v) is 3.76. The van der Waals surface area contributed by atoms with Crippen LogP contribution in [-0.2, 0) is 13.0 Å². The average molecular weight is 352 g/mol. The molecule has 2 aromatic heterocycles. The molecule has 0 saturated heterocycles. The zero-order valence-electron chi connectivity index (χ0n) is 14.1. The van der Waals surface area contributed by atoms with E-state index in [1.807, 2.05) is 12.1 Å². The second-order valence-corrected chi connectivity index (χ2v) is 5.69. The highest BCUT2D eigenvalue weighted by molar-refractivity contribution is 6.02. The maximum atomic E-state index is 13.2. The van der Waals surface area contributed by atoms with E-state index in [1.54, 1.807) is 25.3 Å². The molecule has 1 aromatic carbocycles. The first-order valence-electron chi connectivity index (χ1n) is 8.14. The summed E-state index contributed by atoms with van der Waals surface area (Å²) in [7, 11) is 0. The molecular weight excluding hydrogens is 335 g/mol. The number of carbonyl (C=O) groups is 1. The molecule has 0 unspecified atom stereocenters. The van der Waals surface area contributed by atoms with Gasteiger partial charge in [-0.1, -0.05) is 18.2 Å². The van der Waals surface area contributed by atoms with Gasteiger partial charge in [-0.25, -0.2) is 14.1 Å². The molecule has 132 valence electrons. The molecule has 1 N–H and O–H groups in total. The van der Waals surface area contributed by atoms with Gasteiger partial charge in [0.15, 0.2) is 0 Å². The minimum atomic E-state index is -0.447. The molecule has 0 spiro atoms. The quantitative estimate of drug-likeness (QED) is 0.766. The number of aryl methyl sites for hydroxylation is 1. The summed E-state index contributed by atoms with van der Waals surface area (Å²) >= 11 is 0. The van der Waals surface area contributed by atoms with E-state index in [0.717, 1.165) is 11.1 Å². The molecule has 2 heterocycles. The molecule has 6 nitrogen and oxygen atoms in total. The van der Waals surface area contributed by atoms with Crippen LogP contribution in [0.1, 0.15) is 28.5 Å². The summed E-state index contributed by atoms with van der Waals surface area (Å²) in [4.78, 5) is 28.0. The van der Waals surface area contributed by atoms with Crippen molar-refractivity contribution in [1.82, 2.24) is 14.8 Å². The number of aromatic nitrogens is 3. The largest absolute Gasteiger partial charge is 0.305 e. The first kappa shape index (κ1) is 17.5. The molecule has 0 aliphatic rings. The molecule has 0 aliphatic heterocycles. The predicted molar refractivity (Wildman–Crippen MR) is 95.6 cm³/mol. The van der Waals surface area contributed by atoms with Gasteiger partial charge in [0.1, 0.15) is 17.3 Å². The monoisotopic (exact) mass is 352 g/mol. The zero-order valence-corrected chi connectivity index (χ0v) is 14.1. The number of halogens is 1. The van der Waals surface area contributed by atoms with Gasteiger partial charge < -0.3 is 5.32 Å². The molecule has 0 bridgehead atoms. The fraction of sp³-hybridized carbons (Fsp3) is 0.158. The van der Waals surface area contributed by atoms with Crippen molar-refractivity contribution in [3.05, 3.63) is 87.7 Å². The number of anilines is 1. The Hall–Kier alpha value is -3.35. The lowest BCUT2D eigenvalue weighted by atomic mass is 10.1. The maximum Gasteiger partial charge on any atom is 0.277 e. The number of amides is 1. The summed E-state index contributed by atoms with van der Waals surface area (Å²) < 4.78 is 14.4. The van der Waals surface area contributed by atoms with E-state index in [0.29, 0.717) is 18.8 Å². The average Bonchev–Trinajstić information content (AvgIpc) is 2.64. The molecule has 0 radical (unpaired) electrons. The van der Waals surface area contributed by atoms with E-state index >= 15 is 0 Å². The van der Waals surface area contributed by atoms with Crippen molar-refractivity contribution in [2.45, 2.75) is 19.9 Å². The van der Waals surface area contributed by atoms with Crippen molar-refractivity contribution in [1.29, 1.82) is 0 Å². The van der Waals surface area contributed by atoms with E-state index < -0.39 is 5.91 Å². The summed E-state index contributed by atoms with van der Waals surface area (Å²) in [6, 6.07) is 12.5. The number of benzene rings is 1. The van der Waals surface area contributed by atoms with Crippen molar-refractivity contribution >= 4 is 11.7 Å². The molecule has 26 heavy (non-hydrogen) atoms. The Bertz CT molecular complexity index is 983. The number of nitrogens with one attached hydrogen (secondary N) is 1. The van der Waals surface area contributed by atoms with Crippen molar-refractivity contribution < 1.29 is 9.18 Å². The van der Waals surface area contributed by atoms with Gasteiger partial charge in [-0.05, 0) is 48.7 Å². The van der Waals surface area contributed by atoms with Gasteiger partial charge in [0, 0.05) is 18.8 Å². The molecule has 0 aliphatic carbocycles. The van der Waals surface area contributed by atoms with Crippen molar-refractivity contribution in [2.24, 2.45) is 0 Å². The highest BCUT2D eigenvalue weighted by Crippen LogP contribution is 2.12. The lowest BCUT2D eigenvalue weighted by molar-refractivity contribution is 0.101. The Morgan fingerprint density at radius 3 is 2.69 bits per heavy atom. The lowest BCUT2D eigenvalue weighted by Crippen LogP contribution is -2.25. The maximum absolute atomic E-state index is 13.2. The Kier molecular flexibility index (Phi) is 5.17. The normalized spacial score (nSPS) is 10.5. The van der Waals surface area contributed by atoms with E-state index in [9.17, 15) is 14.0 Å². The van der Waals surface area contributed by atoms with Crippen LogP contribution in [0.4, 0.5) is 10.2 Å². The third-order valence-electron chi connectivity index (χ3n) is 3.76. The fourth-order valence-corrected chi connectivity index (χ4v) is 2.46. The van der Waals surface area contributed by atoms with Crippen LogP contribution in [0.15, 0.2) is 59.5 Å². The molecule has 0 atom stereocenters. The van der Waals surface area contributed by atoms with Crippen LogP contribution >= 0.6 is 0 Å². The zero-order chi connectivity index (χ0) is 18.5. The lowest BCUT2D eigenvalue weighted by Gasteiger charge is -2.07. The molecule has 0 fully saturated rings. The van der Waals surface area contributed by atoms with Crippen molar-refractivity contribution in [3.8, 4) is 0 Å². The standard InChI is InChI=1S/C19H17FN4O2/c1-2-24-18(25)9-7-16(23-24)19(26)22-17-8-6-14(12-21-17)10-13-4-3-5-15(20)11-13/h3-9,11-12H,2,10H2,1H3,(H,21,22,26). The van der Waals surface area contributed by atoms with Crippen LogP contribution in [0, 0.1) is 5.82 Å². The van der Waals surface area contributed by atoms with Gasteiger partial charge in [0.25, 0.3) is 11.5 Å². The highest BCUT2D eigenvalue weighted by atomic mass is 19.1. The Balaban J connectivity index is 1.69. The van der Waals surface area contributed by atoms with Gasteiger partial charge in [-0.3, -0.25) is 9.59 Å². The van der Waals surface area contributed by atoms with Crippen LogP contribution in [0.5, 0.6) is 0 Å². The van der Waals surface area contributed by atoms with Gasteiger partial charge in [0.05, 0.1) is 0 Å². The predicted octanol–water partition coefficient (Wildman–Crippen LogP) is 2.64. The van der Waals surface area contributed by atoms with Crippen molar-refractivity contribution in [3.63, 3.8) is 0 Å². The molecular formula is C19H17FN4O2. The van der Waals surface area contributed by atoms with Gasteiger partial charge in [-0.2, -0.15) is 5.10 Å². The van der Waals surface area contributed by atoms with Gasteiger partial charge in [-0.15, -0.1) is 0 Å². The second-order valence-electron chi connectivity index (χ2n) is 5.69. The summed E-state index contributed by atoms with van der Waals surface area (Å²) in [5.74, 6) is -0.355. The Labute approximate surface area is 149 Å². The fourth-order valence-electron chi connectivity index (χ4n) is 2.46. The number of rotatable bonds is 5. The minimum absolute atomic E-state index is 0.136. The molecule has 7 heteroatoms. The number of hydrogen-bond donors (Lipinski definition) is 1. The summed E-state index contributed by atoms with van der Waals surface area (Å²) in [6.45, 7) is 2.15. The van der Waals surface area contributed by atoms with E-state index in [4.69, 9.17) is 0 Å². The minimum Gasteiger partial charge on any atom is -0.305 e. The third kappa shape index (κ3) is 4.18.